The third kappa shape index (κ3) is 2.63. The third-order valence-corrected chi connectivity index (χ3v) is 4.16. The summed E-state index contributed by atoms with van der Waals surface area (Å²) in [5, 5.41) is 4.70. The minimum Gasteiger partial charge on any atom is -0.486 e. The van der Waals surface area contributed by atoms with Crippen LogP contribution in [0.25, 0.3) is 5.65 Å². The van der Waals surface area contributed by atoms with Crippen molar-refractivity contribution in [3.05, 3.63) is 54.0 Å². The Morgan fingerprint density at radius 3 is 2.87 bits per heavy atom. The maximum atomic E-state index is 5.72. The minimum atomic E-state index is 0.234. The summed E-state index contributed by atoms with van der Waals surface area (Å²) in [4.78, 5) is 4.36. The van der Waals surface area contributed by atoms with Crippen molar-refractivity contribution in [3.63, 3.8) is 0 Å². The molecule has 0 radical (unpaired) electrons. The summed E-state index contributed by atoms with van der Waals surface area (Å²) >= 11 is 0. The SMILES string of the molecule is CCCC(c1ccc2c(c1)OCCO2)c1cc2ncccn2n1. The molecule has 4 rings (SSSR count). The van der Waals surface area contributed by atoms with E-state index in [2.05, 4.69) is 30.1 Å². The number of benzene rings is 1. The maximum absolute atomic E-state index is 5.72. The lowest BCUT2D eigenvalue weighted by molar-refractivity contribution is 0.171. The lowest BCUT2D eigenvalue weighted by atomic mass is 9.91. The van der Waals surface area contributed by atoms with Crippen LogP contribution in [0, 0.1) is 0 Å². The van der Waals surface area contributed by atoms with Crippen molar-refractivity contribution in [3.8, 4) is 11.5 Å². The maximum Gasteiger partial charge on any atom is 0.161 e. The van der Waals surface area contributed by atoms with Crippen molar-refractivity contribution >= 4 is 5.65 Å². The van der Waals surface area contributed by atoms with E-state index in [1.807, 2.05) is 22.8 Å². The molecule has 2 aromatic heterocycles. The van der Waals surface area contributed by atoms with Crippen molar-refractivity contribution in [2.24, 2.45) is 0 Å². The molecule has 0 saturated heterocycles. The predicted molar refractivity (Wildman–Crippen MR) is 87.2 cm³/mol. The summed E-state index contributed by atoms with van der Waals surface area (Å²) in [5.74, 6) is 1.89. The van der Waals surface area contributed by atoms with Crippen LogP contribution in [0.15, 0.2) is 42.7 Å². The Bertz CT molecular complexity index is 795. The normalized spacial score (nSPS) is 14.8. The van der Waals surface area contributed by atoms with E-state index in [4.69, 9.17) is 14.6 Å². The Kier molecular flexibility index (Phi) is 3.61. The molecule has 1 atom stereocenters. The zero-order valence-corrected chi connectivity index (χ0v) is 13.1. The molecule has 0 aliphatic carbocycles. The first-order valence-corrected chi connectivity index (χ1v) is 8.05. The second-order valence-electron chi connectivity index (χ2n) is 5.74. The lowest BCUT2D eigenvalue weighted by Crippen LogP contribution is -2.15. The van der Waals surface area contributed by atoms with Gasteiger partial charge in [0.25, 0.3) is 0 Å². The molecule has 5 nitrogen and oxygen atoms in total. The highest BCUT2D eigenvalue weighted by molar-refractivity contribution is 5.48. The highest BCUT2D eigenvalue weighted by atomic mass is 16.6. The molecule has 1 aliphatic heterocycles. The number of hydrogen-bond acceptors (Lipinski definition) is 4. The molecule has 5 heteroatoms. The Morgan fingerprint density at radius 2 is 2.04 bits per heavy atom. The molecular formula is C18H19N3O2. The van der Waals surface area contributed by atoms with Gasteiger partial charge in [-0.1, -0.05) is 19.4 Å². The summed E-state index contributed by atoms with van der Waals surface area (Å²) in [6, 6.07) is 10.2. The largest absolute Gasteiger partial charge is 0.486 e. The molecule has 3 heterocycles. The fourth-order valence-corrected chi connectivity index (χ4v) is 3.07. The molecule has 23 heavy (non-hydrogen) atoms. The molecule has 0 N–H and O–H groups in total. The van der Waals surface area contributed by atoms with Gasteiger partial charge in [0.15, 0.2) is 17.1 Å². The smallest absolute Gasteiger partial charge is 0.161 e. The van der Waals surface area contributed by atoms with Gasteiger partial charge < -0.3 is 9.47 Å². The standard InChI is InChI=1S/C18H19N3O2/c1-2-4-14(15-12-18-19-7-3-8-21(18)20-15)13-5-6-16-17(11-13)23-10-9-22-16/h3,5-8,11-12,14H,2,4,9-10H2,1H3. The van der Waals surface area contributed by atoms with E-state index in [9.17, 15) is 0 Å². The monoisotopic (exact) mass is 309 g/mol. The first kappa shape index (κ1) is 14.1. The molecule has 1 aliphatic rings. The van der Waals surface area contributed by atoms with Crippen LogP contribution in [0.3, 0.4) is 0 Å². The average Bonchev–Trinajstić information content (AvgIpc) is 3.03. The van der Waals surface area contributed by atoms with Gasteiger partial charge >= 0.3 is 0 Å². The molecule has 118 valence electrons. The van der Waals surface area contributed by atoms with Crippen LogP contribution in [0.5, 0.6) is 11.5 Å². The van der Waals surface area contributed by atoms with Gasteiger partial charge in [0.05, 0.1) is 5.69 Å². The molecule has 0 saturated carbocycles. The van der Waals surface area contributed by atoms with Crippen LogP contribution in [0.2, 0.25) is 0 Å². The van der Waals surface area contributed by atoms with Crippen molar-refractivity contribution in [1.82, 2.24) is 14.6 Å². The van der Waals surface area contributed by atoms with Crippen LogP contribution >= 0.6 is 0 Å². The van der Waals surface area contributed by atoms with E-state index in [1.165, 1.54) is 5.56 Å². The fourth-order valence-electron chi connectivity index (χ4n) is 3.07. The van der Waals surface area contributed by atoms with E-state index in [0.29, 0.717) is 13.2 Å². The summed E-state index contributed by atoms with van der Waals surface area (Å²) in [7, 11) is 0. The average molecular weight is 309 g/mol. The van der Waals surface area contributed by atoms with E-state index in [0.717, 1.165) is 35.7 Å². The van der Waals surface area contributed by atoms with Gasteiger partial charge in [-0.2, -0.15) is 5.10 Å². The Balaban J connectivity index is 1.75. The molecule has 1 aromatic carbocycles. The summed E-state index contributed by atoms with van der Waals surface area (Å²) in [6.45, 7) is 3.41. The molecule has 1 unspecified atom stereocenters. The van der Waals surface area contributed by atoms with Gasteiger partial charge in [0.2, 0.25) is 0 Å². The second-order valence-corrected chi connectivity index (χ2v) is 5.74. The van der Waals surface area contributed by atoms with E-state index >= 15 is 0 Å². The first-order chi connectivity index (χ1) is 11.3. The van der Waals surface area contributed by atoms with Crippen LogP contribution in [0.1, 0.15) is 36.9 Å². The second kappa shape index (κ2) is 5.91. The quantitative estimate of drug-likeness (QED) is 0.741. The molecule has 0 amide bonds. The van der Waals surface area contributed by atoms with Crippen molar-refractivity contribution in [2.45, 2.75) is 25.7 Å². The number of fused-ring (bicyclic) bond motifs is 2. The zero-order valence-electron chi connectivity index (χ0n) is 13.1. The zero-order chi connectivity index (χ0) is 15.6. The van der Waals surface area contributed by atoms with Crippen molar-refractivity contribution < 1.29 is 9.47 Å². The molecule has 0 fully saturated rings. The lowest BCUT2D eigenvalue weighted by Gasteiger charge is -2.21. The van der Waals surface area contributed by atoms with Gasteiger partial charge in [-0.25, -0.2) is 9.50 Å². The Hall–Kier alpha value is -2.56. The number of nitrogens with zero attached hydrogens (tertiary/aromatic N) is 3. The summed E-state index contributed by atoms with van der Waals surface area (Å²) < 4.78 is 13.2. The Morgan fingerprint density at radius 1 is 1.17 bits per heavy atom. The fraction of sp³-hybridized carbons (Fsp3) is 0.333. The van der Waals surface area contributed by atoms with Crippen LogP contribution < -0.4 is 9.47 Å². The van der Waals surface area contributed by atoms with E-state index in [1.54, 1.807) is 6.20 Å². The number of ether oxygens (including phenoxy) is 2. The van der Waals surface area contributed by atoms with Crippen molar-refractivity contribution in [1.29, 1.82) is 0 Å². The minimum absolute atomic E-state index is 0.234. The van der Waals surface area contributed by atoms with Gasteiger partial charge in [-0.05, 0) is 30.2 Å². The van der Waals surface area contributed by atoms with E-state index < -0.39 is 0 Å². The van der Waals surface area contributed by atoms with Crippen LogP contribution in [-0.2, 0) is 0 Å². The van der Waals surface area contributed by atoms with Gasteiger partial charge in [-0.15, -0.1) is 0 Å². The van der Waals surface area contributed by atoms with Crippen LogP contribution in [-0.4, -0.2) is 27.8 Å². The first-order valence-electron chi connectivity index (χ1n) is 8.05. The number of aromatic nitrogens is 3. The molecule has 3 aromatic rings. The Labute approximate surface area is 134 Å². The van der Waals surface area contributed by atoms with Gasteiger partial charge in [-0.3, -0.25) is 0 Å². The predicted octanol–water partition coefficient (Wildman–Crippen LogP) is 3.43. The summed E-state index contributed by atoms with van der Waals surface area (Å²) in [6.07, 6.45) is 5.84. The topological polar surface area (TPSA) is 48.7 Å². The van der Waals surface area contributed by atoms with Crippen LogP contribution in [0.4, 0.5) is 0 Å². The van der Waals surface area contributed by atoms with Gasteiger partial charge in [0, 0.05) is 24.4 Å². The molecule has 0 bridgehead atoms. The highest BCUT2D eigenvalue weighted by Crippen LogP contribution is 2.36. The van der Waals surface area contributed by atoms with Gasteiger partial charge in [0.1, 0.15) is 13.2 Å². The number of hydrogen-bond donors (Lipinski definition) is 0. The third-order valence-electron chi connectivity index (χ3n) is 4.16. The molecular weight excluding hydrogens is 290 g/mol. The van der Waals surface area contributed by atoms with E-state index in [-0.39, 0.29) is 5.92 Å². The van der Waals surface area contributed by atoms with Crippen molar-refractivity contribution in [2.75, 3.05) is 13.2 Å². The summed E-state index contributed by atoms with van der Waals surface area (Å²) in [5.41, 5.74) is 3.13. The number of rotatable bonds is 4. The highest BCUT2D eigenvalue weighted by Gasteiger charge is 2.20. The molecule has 0 spiro atoms.